The number of hydrogen-bond acceptors (Lipinski definition) is 5. The second kappa shape index (κ2) is 8.17. The van der Waals surface area contributed by atoms with Crippen LogP contribution >= 0.6 is 0 Å². The van der Waals surface area contributed by atoms with Gasteiger partial charge in [-0.2, -0.15) is 0 Å². The minimum absolute atomic E-state index is 0.0850. The number of rotatable bonds is 5. The number of carbonyl (C=O) groups excluding carboxylic acids is 3. The summed E-state index contributed by atoms with van der Waals surface area (Å²) in [6.45, 7) is 5.42. The lowest BCUT2D eigenvalue weighted by Gasteiger charge is -2.19. The number of hydrogen-bond donors (Lipinski definition) is 2. The van der Waals surface area contributed by atoms with E-state index < -0.39 is 17.7 Å². The third-order valence-electron chi connectivity index (χ3n) is 2.59. The molecule has 7 nitrogen and oxygen atoms in total. The molecule has 1 rings (SSSR count). The second-order valence-corrected chi connectivity index (χ2v) is 5.80. The Kier molecular flexibility index (Phi) is 6.56. The summed E-state index contributed by atoms with van der Waals surface area (Å²) in [4.78, 5) is 34.7. The van der Waals surface area contributed by atoms with E-state index in [1.54, 1.807) is 39.0 Å². The predicted octanol–water partition coefficient (Wildman–Crippen LogP) is 2.33. The van der Waals surface area contributed by atoms with Gasteiger partial charge in [0.2, 0.25) is 5.91 Å². The lowest BCUT2D eigenvalue weighted by atomic mass is 10.2. The number of benzene rings is 1. The van der Waals surface area contributed by atoms with Gasteiger partial charge in [0.15, 0.2) is 0 Å². The molecule has 0 fully saturated rings. The molecule has 0 spiro atoms. The van der Waals surface area contributed by atoms with Crippen LogP contribution in [0.4, 0.5) is 10.5 Å². The fourth-order valence-electron chi connectivity index (χ4n) is 1.66. The van der Waals surface area contributed by atoms with Gasteiger partial charge in [-0.15, -0.1) is 0 Å². The first-order valence-corrected chi connectivity index (χ1v) is 7.16. The summed E-state index contributed by atoms with van der Waals surface area (Å²) in [6.07, 6.45) is -0.486. The van der Waals surface area contributed by atoms with E-state index in [0.29, 0.717) is 11.3 Å². The van der Waals surface area contributed by atoms with Crippen molar-refractivity contribution in [1.29, 1.82) is 0 Å². The van der Waals surface area contributed by atoms with E-state index in [4.69, 9.17) is 4.74 Å². The topological polar surface area (TPSA) is 93.7 Å². The van der Waals surface area contributed by atoms with Crippen LogP contribution in [0.2, 0.25) is 0 Å². The highest BCUT2D eigenvalue weighted by atomic mass is 16.6. The van der Waals surface area contributed by atoms with Crippen molar-refractivity contribution in [2.75, 3.05) is 19.0 Å². The summed E-state index contributed by atoms with van der Waals surface area (Å²) in [5.74, 6) is -0.768. The molecular weight excluding hydrogens is 300 g/mol. The fraction of sp³-hybridized carbons (Fsp3) is 0.438. The molecule has 0 aliphatic carbocycles. The van der Waals surface area contributed by atoms with Crippen LogP contribution in [0.15, 0.2) is 24.3 Å². The summed E-state index contributed by atoms with van der Waals surface area (Å²) in [7, 11) is 1.29. The molecule has 2 N–H and O–H groups in total. The Labute approximate surface area is 135 Å². The number of nitrogens with one attached hydrogen (secondary N) is 2. The lowest BCUT2D eigenvalue weighted by Crippen LogP contribution is -2.34. The number of anilines is 1. The van der Waals surface area contributed by atoms with Crippen LogP contribution in [0.25, 0.3) is 0 Å². The SMILES string of the molecule is COC(=O)c1cccc(NC(=O)CCNC(=O)OC(C)(C)C)c1. The number of carbonyl (C=O) groups is 3. The number of alkyl carbamates (subject to hydrolysis) is 1. The van der Waals surface area contributed by atoms with Crippen molar-refractivity contribution in [3.8, 4) is 0 Å². The third kappa shape index (κ3) is 7.30. The van der Waals surface area contributed by atoms with Gasteiger partial charge in [0.05, 0.1) is 12.7 Å². The Morgan fingerprint density at radius 2 is 1.87 bits per heavy atom. The summed E-state index contributed by atoms with van der Waals surface area (Å²) in [5.41, 5.74) is 0.244. The van der Waals surface area contributed by atoms with E-state index in [-0.39, 0.29) is 18.9 Å². The van der Waals surface area contributed by atoms with Gasteiger partial charge in [-0.3, -0.25) is 4.79 Å². The molecule has 0 atom stereocenters. The maximum atomic E-state index is 11.8. The van der Waals surface area contributed by atoms with Gasteiger partial charge in [-0.05, 0) is 39.0 Å². The van der Waals surface area contributed by atoms with Crippen molar-refractivity contribution >= 4 is 23.7 Å². The third-order valence-corrected chi connectivity index (χ3v) is 2.59. The van der Waals surface area contributed by atoms with E-state index in [1.165, 1.54) is 13.2 Å². The van der Waals surface area contributed by atoms with Crippen LogP contribution in [0.3, 0.4) is 0 Å². The van der Waals surface area contributed by atoms with Gasteiger partial charge >= 0.3 is 12.1 Å². The normalized spacial score (nSPS) is 10.6. The molecule has 23 heavy (non-hydrogen) atoms. The average molecular weight is 322 g/mol. The largest absolute Gasteiger partial charge is 0.465 e. The van der Waals surface area contributed by atoms with Gasteiger partial charge < -0.3 is 20.1 Å². The van der Waals surface area contributed by atoms with Crippen LogP contribution in [0.1, 0.15) is 37.6 Å². The molecule has 2 amide bonds. The smallest absolute Gasteiger partial charge is 0.407 e. The number of amides is 2. The zero-order valence-corrected chi connectivity index (χ0v) is 13.8. The molecule has 1 aromatic carbocycles. The standard InChI is InChI=1S/C16H22N2O5/c1-16(2,3)23-15(21)17-9-8-13(19)18-12-7-5-6-11(10-12)14(20)22-4/h5-7,10H,8-9H2,1-4H3,(H,17,21)(H,18,19). The number of esters is 1. The van der Waals surface area contributed by atoms with Crippen LogP contribution in [0.5, 0.6) is 0 Å². The maximum Gasteiger partial charge on any atom is 0.407 e. The van der Waals surface area contributed by atoms with E-state index in [2.05, 4.69) is 15.4 Å². The Morgan fingerprint density at radius 1 is 1.17 bits per heavy atom. The average Bonchev–Trinajstić information content (AvgIpc) is 2.44. The van der Waals surface area contributed by atoms with E-state index in [1.807, 2.05) is 0 Å². The molecule has 0 aromatic heterocycles. The summed E-state index contributed by atoms with van der Waals surface area (Å²) >= 11 is 0. The Hall–Kier alpha value is -2.57. The first-order chi connectivity index (χ1) is 10.7. The molecule has 0 saturated carbocycles. The summed E-state index contributed by atoms with van der Waals surface area (Å²) < 4.78 is 9.67. The molecule has 0 unspecified atom stereocenters. The molecule has 0 heterocycles. The zero-order valence-electron chi connectivity index (χ0n) is 13.8. The monoisotopic (exact) mass is 322 g/mol. The van der Waals surface area contributed by atoms with Crippen molar-refractivity contribution in [3.05, 3.63) is 29.8 Å². The van der Waals surface area contributed by atoms with E-state index >= 15 is 0 Å². The van der Waals surface area contributed by atoms with Gasteiger partial charge in [-0.1, -0.05) is 6.07 Å². The minimum atomic E-state index is -0.583. The Balaban J connectivity index is 2.43. The molecule has 7 heteroatoms. The zero-order chi connectivity index (χ0) is 17.5. The van der Waals surface area contributed by atoms with Crippen molar-refractivity contribution in [2.24, 2.45) is 0 Å². The van der Waals surface area contributed by atoms with Crippen molar-refractivity contribution < 1.29 is 23.9 Å². The lowest BCUT2D eigenvalue weighted by molar-refractivity contribution is -0.116. The van der Waals surface area contributed by atoms with Gasteiger partial charge in [0.1, 0.15) is 5.60 Å². The van der Waals surface area contributed by atoms with Gasteiger partial charge in [0.25, 0.3) is 0 Å². The van der Waals surface area contributed by atoms with E-state index in [0.717, 1.165) is 0 Å². The molecule has 126 valence electrons. The molecule has 0 saturated heterocycles. The molecule has 0 radical (unpaired) electrons. The van der Waals surface area contributed by atoms with Crippen LogP contribution in [-0.2, 0) is 14.3 Å². The Bertz CT molecular complexity index is 578. The van der Waals surface area contributed by atoms with E-state index in [9.17, 15) is 14.4 Å². The number of methoxy groups -OCH3 is 1. The minimum Gasteiger partial charge on any atom is -0.465 e. The highest BCUT2D eigenvalue weighted by Crippen LogP contribution is 2.12. The second-order valence-electron chi connectivity index (χ2n) is 5.80. The first-order valence-electron chi connectivity index (χ1n) is 7.16. The van der Waals surface area contributed by atoms with Crippen LogP contribution in [0, 0.1) is 0 Å². The maximum absolute atomic E-state index is 11.8. The molecule has 0 bridgehead atoms. The van der Waals surface area contributed by atoms with Crippen molar-refractivity contribution in [1.82, 2.24) is 5.32 Å². The Morgan fingerprint density at radius 3 is 2.48 bits per heavy atom. The molecule has 0 aliphatic heterocycles. The fourth-order valence-corrected chi connectivity index (χ4v) is 1.66. The summed E-state index contributed by atoms with van der Waals surface area (Å²) in [5, 5.41) is 5.14. The van der Waals surface area contributed by atoms with Crippen molar-refractivity contribution in [2.45, 2.75) is 32.8 Å². The van der Waals surface area contributed by atoms with Crippen LogP contribution < -0.4 is 10.6 Å². The predicted molar refractivity (Wildman–Crippen MR) is 85.3 cm³/mol. The molecule has 1 aromatic rings. The van der Waals surface area contributed by atoms with Crippen molar-refractivity contribution in [3.63, 3.8) is 0 Å². The highest BCUT2D eigenvalue weighted by molar-refractivity contribution is 5.94. The molecular formula is C16H22N2O5. The summed E-state index contributed by atoms with van der Waals surface area (Å²) in [6, 6.07) is 6.41. The first kappa shape index (κ1) is 18.5. The van der Waals surface area contributed by atoms with Gasteiger partial charge in [0, 0.05) is 18.7 Å². The molecule has 0 aliphatic rings. The number of ether oxygens (including phenoxy) is 2. The highest BCUT2D eigenvalue weighted by Gasteiger charge is 2.16. The van der Waals surface area contributed by atoms with Gasteiger partial charge in [-0.25, -0.2) is 9.59 Å². The van der Waals surface area contributed by atoms with Crippen LogP contribution in [-0.4, -0.2) is 37.2 Å². The quantitative estimate of drug-likeness (QED) is 0.811.